The van der Waals surface area contributed by atoms with Gasteiger partial charge in [0, 0.05) is 12.1 Å². The van der Waals surface area contributed by atoms with Gasteiger partial charge in [-0.05, 0) is 25.5 Å². The van der Waals surface area contributed by atoms with E-state index in [1.54, 1.807) is 13.8 Å². The van der Waals surface area contributed by atoms with E-state index in [1.807, 2.05) is 0 Å². The fraction of sp³-hybridized carbons (Fsp3) is 0.400. The van der Waals surface area contributed by atoms with Crippen molar-refractivity contribution in [2.45, 2.75) is 31.2 Å². The smallest absolute Gasteiger partial charge is 0.208 e. The molecule has 1 aromatic rings. The van der Waals surface area contributed by atoms with Crippen LogP contribution in [0.3, 0.4) is 0 Å². The second kappa shape index (κ2) is 4.88. The number of rotatable bonds is 4. The second-order valence-corrected chi connectivity index (χ2v) is 5.25. The highest BCUT2D eigenvalue weighted by Crippen LogP contribution is 2.14. The van der Waals surface area contributed by atoms with Crippen LogP contribution in [-0.2, 0) is 10.0 Å². The van der Waals surface area contributed by atoms with Crippen LogP contribution < -0.4 is 4.72 Å². The van der Waals surface area contributed by atoms with E-state index >= 15 is 0 Å². The van der Waals surface area contributed by atoms with Gasteiger partial charge in [-0.2, -0.15) is 0 Å². The Bertz CT molecular complexity index is 453. The molecule has 0 heterocycles. The summed E-state index contributed by atoms with van der Waals surface area (Å²) in [7, 11) is -3.85. The monoisotopic (exact) mass is 249 g/mol. The van der Waals surface area contributed by atoms with E-state index in [4.69, 9.17) is 0 Å². The predicted molar refractivity (Wildman–Crippen MR) is 56.4 cm³/mol. The van der Waals surface area contributed by atoms with Gasteiger partial charge in [-0.25, -0.2) is 21.9 Å². The molecule has 0 spiro atoms. The van der Waals surface area contributed by atoms with Crippen molar-refractivity contribution in [1.29, 1.82) is 0 Å². The molecule has 0 fully saturated rings. The number of sulfonamides is 1. The third kappa shape index (κ3) is 3.24. The Hall–Kier alpha value is -1.01. The van der Waals surface area contributed by atoms with E-state index in [9.17, 15) is 17.2 Å². The zero-order valence-electron chi connectivity index (χ0n) is 9.00. The molecule has 1 aromatic carbocycles. The van der Waals surface area contributed by atoms with Gasteiger partial charge in [0.1, 0.15) is 11.6 Å². The highest BCUT2D eigenvalue weighted by Gasteiger charge is 2.18. The van der Waals surface area contributed by atoms with Gasteiger partial charge in [0.25, 0.3) is 0 Å². The molecule has 0 unspecified atom stereocenters. The van der Waals surface area contributed by atoms with Crippen molar-refractivity contribution >= 4 is 10.0 Å². The topological polar surface area (TPSA) is 46.2 Å². The molecule has 90 valence electrons. The first-order valence-electron chi connectivity index (χ1n) is 4.83. The molecule has 0 aliphatic rings. The molecule has 0 aliphatic carbocycles. The molecule has 0 aliphatic heterocycles. The third-order valence-corrected chi connectivity index (χ3v) is 3.68. The van der Waals surface area contributed by atoms with Gasteiger partial charge < -0.3 is 0 Å². The van der Waals surface area contributed by atoms with Gasteiger partial charge in [0.2, 0.25) is 10.0 Å². The minimum absolute atomic E-state index is 0.281. The summed E-state index contributed by atoms with van der Waals surface area (Å²) in [5.74, 6) is -1.82. The Morgan fingerprint density at radius 2 is 1.75 bits per heavy atom. The van der Waals surface area contributed by atoms with E-state index in [0.29, 0.717) is 12.5 Å². The Balaban J connectivity index is 3.07. The zero-order chi connectivity index (χ0) is 12.3. The maximum Gasteiger partial charge on any atom is 0.241 e. The standard InChI is InChI=1S/C10H13F2NO2S/c1-3-7(2)13-16(14,15)10-5-8(11)4-9(12)6-10/h4-7,13H,3H2,1-2H3/t7-/m0/s1. The molecule has 0 radical (unpaired) electrons. The fourth-order valence-corrected chi connectivity index (χ4v) is 2.47. The van der Waals surface area contributed by atoms with Crippen molar-refractivity contribution < 1.29 is 17.2 Å². The van der Waals surface area contributed by atoms with Crippen molar-refractivity contribution in [3.63, 3.8) is 0 Å². The summed E-state index contributed by atoms with van der Waals surface area (Å²) in [4.78, 5) is -0.398. The molecule has 0 saturated heterocycles. The summed E-state index contributed by atoms with van der Waals surface area (Å²) >= 11 is 0. The average molecular weight is 249 g/mol. The summed E-state index contributed by atoms with van der Waals surface area (Å²) < 4.78 is 51.3. The SMILES string of the molecule is CC[C@H](C)NS(=O)(=O)c1cc(F)cc(F)c1. The van der Waals surface area contributed by atoms with Gasteiger partial charge in [-0.3, -0.25) is 0 Å². The van der Waals surface area contributed by atoms with Gasteiger partial charge in [-0.1, -0.05) is 6.92 Å². The van der Waals surface area contributed by atoms with E-state index < -0.39 is 26.6 Å². The maximum absolute atomic E-state index is 12.8. The molecule has 0 aromatic heterocycles. The largest absolute Gasteiger partial charge is 0.241 e. The number of hydrogen-bond acceptors (Lipinski definition) is 2. The summed E-state index contributed by atoms with van der Waals surface area (Å²) in [5.41, 5.74) is 0. The lowest BCUT2D eigenvalue weighted by Crippen LogP contribution is -2.32. The van der Waals surface area contributed by atoms with Crippen LogP contribution in [0.4, 0.5) is 8.78 Å². The van der Waals surface area contributed by atoms with E-state index in [1.165, 1.54) is 0 Å². The molecule has 6 heteroatoms. The first kappa shape index (κ1) is 13.1. The van der Waals surface area contributed by atoms with E-state index in [0.717, 1.165) is 12.1 Å². The van der Waals surface area contributed by atoms with E-state index in [2.05, 4.69) is 4.72 Å². The van der Waals surface area contributed by atoms with Crippen molar-refractivity contribution in [3.05, 3.63) is 29.8 Å². The van der Waals surface area contributed by atoms with E-state index in [-0.39, 0.29) is 6.04 Å². The van der Waals surface area contributed by atoms with Crippen molar-refractivity contribution in [1.82, 2.24) is 4.72 Å². The summed E-state index contributed by atoms with van der Waals surface area (Å²) in [6.45, 7) is 3.48. The van der Waals surface area contributed by atoms with Gasteiger partial charge in [-0.15, -0.1) is 0 Å². The first-order valence-corrected chi connectivity index (χ1v) is 6.32. The van der Waals surface area contributed by atoms with Crippen molar-refractivity contribution in [2.75, 3.05) is 0 Å². The molecule has 16 heavy (non-hydrogen) atoms. The number of hydrogen-bond donors (Lipinski definition) is 1. The molecule has 1 rings (SSSR count). The van der Waals surface area contributed by atoms with Crippen LogP contribution in [0.5, 0.6) is 0 Å². The van der Waals surface area contributed by atoms with Crippen LogP contribution in [0.2, 0.25) is 0 Å². The Kier molecular flexibility index (Phi) is 3.98. The Morgan fingerprint density at radius 1 is 1.25 bits per heavy atom. The number of halogens is 2. The molecule has 1 atom stereocenters. The highest BCUT2D eigenvalue weighted by atomic mass is 32.2. The number of nitrogens with one attached hydrogen (secondary N) is 1. The molecule has 0 saturated carbocycles. The predicted octanol–water partition coefficient (Wildman–Crippen LogP) is 2.04. The first-order chi connectivity index (χ1) is 7.35. The molecule has 0 amide bonds. The Labute approximate surface area is 93.5 Å². The minimum atomic E-state index is -3.85. The molecule has 3 nitrogen and oxygen atoms in total. The van der Waals surface area contributed by atoms with Crippen molar-refractivity contribution in [2.24, 2.45) is 0 Å². The summed E-state index contributed by atoms with van der Waals surface area (Å²) in [6.07, 6.45) is 0.594. The third-order valence-electron chi connectivity index (χ3n) is 2.12. The average Bonchev–Trinajstić information content (AvgIpc) is 2.15. The van der Waals surface area contributed by atoms with Crippen LogP contribution >= 0.6 is 0 Å². The quantitative estimate of drug-likeness (QED) is 0.887. The lowest BCUT2D eigenvalue weighted by molar-refractivity contribution is 0.546. The van der Waals surface area contributed by atoms with Crippen LogP contribution in [0.1, 0.15) is 20.3 Å². The summed E-state index contributed by atoms with van der Waals surface area (Å²) in [6, 6.07) is 1.92. The van der Waals surface area contributed by atoms with Crippen LogP contribution in [0.15, 0.2) is 23.1 Å². The fourth-order valence-electron chi connectivity index (χ4n) is 1.10. The zero-order valence-corrected chi connectivity index (χ0v) is 9.81. The lowest BCUT2D eigenvalue weighted by atomic mass is 10.3. The highest BCUT2D eigenvalue weighted by molar-refractivity contribution is 7.89. The molecule has 0 bridgehead atoms. The van der Waals surface area contributed by atoms with Gasteiger partial charge >= 0.3 is 0 Å². The number of benzene rings is 1. The maximum atomic E-state index is 12.8. The normalized spacial score (nSPS) is 13.8. The van der Waals surface area contributed by atoms with Crippen molar-refractivity contribution in [3.8, 4) is 0 Å². The van der Waals surface area contributed by atoms with Gasteiger partial charge in [0.05, 0.1) is 4.90 Å². The summed E-state index contributed by atoms with van der Waals surface area (Å²) in [5, 5.41) is 0. The Morgan fingerprint density at radius 3 is 2.19 bits per heavy atom. The van der Waals surface area contributed by atoms with Crippen LogP contribution in [-0.4, -0.2) is 14.5 Å². The minimum Gasteiger partial charge on any atom is -0.208 e. The lowest BCUT2D eigenvalue weighted by Gasteiger charge is -2.12. The molecule has 1 N–H and O–H groups in total. The molecular formula is C10H13F2NO2S. The second-order valence-electron chi connectivity index (χ2n) is 3.54. The molecular weight excluding hydrogens is 236 g/mol. The van der Waals surface area contributed by atoms with Crippen LogP contribution in [0.25, 0.3) is 0 Å². The van der Waals surface area contributed by atoms with Gasteiger partial charge in [0.15, 0.2) is 0 Å². The van der Waals surface area contributed by atoms with Crippen LogP contribution in [0, 0.1) is 11.6 Å².